The van der Waals surface area contributed by atoms with Crippen molar-refractivity contribution < 1.29 is 4.79 Å². The third-order valence-corrected chi connectivity index (χ3v) is 2.72. The van der Waals surface area contributed by atoms with Crippen LogP contribution in [0, 0.1) is 5.92 Å². The van der Waals surface area contributed by atoms with Crippen molar-refractivity contribution in [2.24, 2.45) is 13.0 Å². The van der Waals surface area contributed by atoms with Crippen molar-refractivity contribution in [3.05, 3.63) is 11.4 Å². The zero-order valence-electron chi connectivity index (χ0n) is 11.1. The van der Waals surface area contributed by atoms with Crippen LogP contribution in [0.5, 0.6) is 0 Å². The first-order valence-electron chi connectivity index (χ1n) is 6.06. The predicted molar refractivity (Wildman–Crippen MR) is 68.8 cm³/mol. The first-order valence-corrected chi connectivity index (χ1v) is 6.06. The van der Waals surface area contributed by atoms with E-state index >= 15 is 0 Å². The van der Waals surface area contributed by atoms with Crippen LogP contribution in [-0.4, -0.2) is 22.2 Å². The highest BCUT2D eigenvalue weighted by Gasteiger charge is 2.18. The van der Waals surface area contributed by atoms with Crippen molar-refractivity contribution >= 4 is 11.6 Å². The molecule has 0 aliphatic heterocycles. The van der Waals surface area contributed by atoms with Gasteiger partial charge in [0.05, 0.1) is 11.4 Å². The summed E-state index contributed by atoms with van der Waals surface area (Å²) in [5, 5.41) is 7.09. The monoisotopic (exact) mass is 238 g/mol. The molecule has 0 saturated heterocycles. The van der Waals surface area contributed by atoms with Gasteiger partial charge in [-0.3, -0.25) is 9.48 Å². The van der Waals surface area contributed by atoms with Crippen LogP contribution in [0.2, 0.25) is 0 Å². The fourth-order valence-corrected chi connectivity index (χ4v) is 1.68. The smallest absolute Gasteiger partial charge is 0.271 e. The molecular formula is C12H22N4O. The number of amides is 1. The number of hydrogen-bond acceptors (Lipinski definition) is 3. The van der Waals surface area contributed by atoms with Gasteiger partial charge in [-0.2, -0.15) is 5.10 Å². The average molecular weight is 238 g/mol. The van der Waals surface area contributed by atoms with Gasteiger partial charge in [-0.25, -0.2) is 0 Å². The van der Waals surface area contributed by atoms with Gasteiger partial charge in [-0.05, 0) is 18.8 Å². The summed E-state index contributed by atoms with van der Waals surface area (Å²) < 4.78 is 1.55. The summed E-state index contributed by atoms with van der Waals surface area (Å²) in [7, 11) is 1.74. The highest BCUT2D eigenvalue weighted by Crippen LogP contribution is 2.16. The second-order valence-corrected chi connectivity index (χ2v) is 4.62. The van der Waals surface area contributed by atoms with E-state index in [0.717, 1.165) is 18.5 Å². The van der Waals surface area contributed by atoms with Gasteiger partial charge < -0.3 is 11.1 Å². The van der Waals surface area contributed by atoms with E-state index in [4.69, 9.17) is 5.73 Å². The van der Waals surface area contributed by atoms with E-state index in [2.05, 4.69) is 24.3 Å². The topological polar surface area (TPSA) is 72.9 Å². The Morgan fingerprint density at radius 1 is 1.53 bits per heavy atom. The van der Waals surface area contributed by atoms with Crippen LogP contribution in [0.3, 0.4) is 0 Å². The molecule has 0 unspecified atom stereocenters. The number of aromatic nitrogens is 2. The third kappa shape index (κ3) is 3.22. The number of aryl methyl sites for hydroxylation is 2. The minimum Gasteiger partial charge on any atom is -0.395 e. The Balaban J connectivity index is 2.72. The number of rotatable bonds is 5. The molecule has 17 heavy (non-hydrogen) atoms. The van der Waals surface area contributed by atoms with Gasteiger partial charge in [0.25, 0.3) is 5.91 Å². The van der Waals surface area contributed by atoms with Gasteiger partial charge in [0, 0.05) is 13.6 Å². The lowest BCUT2D eigenvalue weighted by Crippen LogP contribution is -2.28. The van der Waals surface area contributed by atoms with Crippen LogP contribution >= 0.6 is 0 Å². The van der Waals surface area contributed by atoms with E-state index in [9.17, 15) is 4.79 Å². The van der Waals surface area contributed by atoms with Crippen LogP contribution in [0.1, 0.15) is 43.4 Å². The van der Waals surface area contributed by atoms with Crippen molar-refractivity contribution in [1.82, 2.24) is 15.1 Å². The van der Waals surface area contributed by atoms with Crippen molar-refractivity contribution in [1.29, 1.82) is 0 Å². The van der Waals surface area contributed by atoms with Gasteiger partial charge >= 0.3 is 0 Å². The number of nitrogens with zero attached hydrogens (tertiary/aromatic N) is 2. The highest BCUT2D eigenvalue weighted by atomic mass is 16.2. The summed E-state index contributed by atoms with van der Waals surface area (Å²) >= 11 is 0. The zero-order valence-corrected chi connectivity index (χ0v) is 11.1. The zero-order chi connectivity index (χ0) is 13.0. The Morgan fingerprint density at radius 3 is 2.65 bits per heavy atom. The summed E-state index contributed by atoms with van der Waals surface area (Å²) in [4.78, 5) is 11.9. The summed E-state index contributed by atoms with van der Waals surface area (Å²) in [6.07, 6.45) is 1.70. The third-order valence-electron chi connectivity index (χ3n) is 2.72. The molecule has 5 heteroatoms. The Kier molecular flexibility index (Phi) is 4.54. The number of carbonyl (C=O) groups excluding carboxylic acids is 1. The molecule has 1 aromatic heterocycles. The molecular weight excluding hydrogens is 216 g/mol. The lowest BCUT2D eigenvalue weighted by molar-refractivity contribution is 0.0943. The van der Waals surface area contributed by atoms with E-state index in [0.29, 0.717) is 23.8 Å². The molecule has 0 aliphatic carbocycles. The van der Waals surface area contributed by atoms with Gasteiger partial charge in [0.2, 0.25) is 0 Å². The van der Waals surface area contributed by atoms with Crippen LogP contribution in [0.15, 0.2) is 0 Å². The molecule has 1 amide bonds. The van der Waals surface area contributed by atoms with Gasteiger partial charge in [-0.1, -0.05) is 20.8 Å². The highest BCUT2D eigenvalue weighted by molar-refractivity contribution is 5.97. The fraction of sp³-hybridized carbons (Fsp3) is 0.667. The second kappa shape index (κ2) is 5.70. The van der Waals surface area contributed by atoms with Crippen molar-refractivity contribution in [3.63, 3.8) is 0 Å². The molecule has 0 bridgehead atoms. The minimum absolute atomic E-state index is 0.141. The summed E-state index contributed by atoms with van der Waals surface area (Å²) in [6.45, 7) is 6.89. The van der Waals surface area contributed by atoms with Gasteiger partial charge in [-0.15, -0.1) is 0 Å². The number of nitrogens with one attached hydrogen (secondary N) is 1. The lowest BCUT2D eigenvalue weighted by atomic mass is 10.1. The first kappa shape index (κ1) is 13.5. The Morgan fingerprint density at radius 2 is 2.18 bits per heavy atom. The first-order chi connectivity index (χ1) is 7.97. The molecule has 1 heterocycles. The quantitative estimate of drug-likeness (QED) is 0.813. The summed E-state index contributed by atoms with van der Waals surface area (Å²) in [5.41, 5.74) is 7.64. The van der Waals surface area contributed by atoms with E-state index in [-0.39, 0.29) is 5.91 Å². The van der Waals surface area contributed by atoms with E-state index < -0.39 is 0 Å². The molecule has 1 aromatic rings. The van der Waals surface area contributed by atoms with E-state index in [1.807, 2.05) is 6.92 Å². The molecule has 0 radical (unpaired) electrons. The number of hydrogen-bond donors (Lipinski definition) is 2. The van der Waals surface area contributed by atoms with Gasteiger partial charge in [0.15, 0.2) is 0 Å². The van der Waals surface area contributed by atoms with Crippen LogP contribution in [0.4, 0.5) is 5.69 Å². The molecule has 0 aliphatic rings. The molecule has 3 N–H and O–H groups in total. The van der Waals surface area contributed by atoms with Crippen molar-refractivity contribution in [3.8, 4) is 0 Å². The standard InChI is InChI=1S/C12H22N4O/c1-5-9-10(13)11(16(4)15-9)12(17)14-7-6-8(2)3/h8H,5-7,13H2,1-4H3,(H,14,17). The van der Waals surface area contributed by atoms with E-state index in [1.54, 1.807) is 11.7 Å². The number of nitrogen functional groups attached to an aromatic ring is 1. The molecule has 0 saturated carbocycles. The van der Waals surface area contributed by atoms with Crippen LogP contribution < -0.4 is 11.1 Å². The van der Waals surface area contributed by atoms with Crippen molar-refractivity contribution in [2.75, 3.05) is 12.3 Å². The average Bonchev–Trinajstić information content (AvgIpc) is 2.53. The molecule has 1 rings (SSSR count). The second-order valence-electron chi connectivity index (χ2n) is 4.62. The molecule has 0 atom stereocenters. The Labute approximate surface area is 102 Å². The maximum Gasteiger partial charge on any atom is 0.271 e. The predicted octanol–water partition coefficient (Wildman–Crippen LogP) is 1.34. The Bertz CT molecular complexity index is 395. The van der Waals surface area contributed by atoms with Crippen LogP contribution in [0.25, 0.3) is 0 Å². The SMILES string of the molecule is CCc1nn(C)c(C(=O)NCCC(C)C)c1N. The largest absolute Gasteiger partial charge is 0.395 e. The maximum atomic E-state index is 11.9. The van der Waals surface area contributed by atoms with Gasteiger partial charge in [0.1, 0.15) is 5.69 Å². The van der Waals surface area contributed by atoms with Crippen LogP contribution in [-0.2, 0) is 13.5 Å². The number of nitrogens with two attached hydrogens (primary N) is 1. The fourth-order valence-electron chi connectivity index (χ4n) is 1.68. The number of carbonyl (C=O) groups is 1. The molecule has 0 spiro atoms. The van der Waals surface area contributed by atoms with E-state index in [1.165, 1.54) is 0 Å². The molecule has 96 valence electrons. The summed E-state index contributed by atoms with van der Waals surface area (Å²) in [6, 6.07) is 0. The minimum atomic E-state index is -0.141. The maximum absolute atomic E-state index is 11.9. The molecule has 5 nitrogen and oxygen atoms in total. The molecule has 0 fully saturated rings. The lowest BCUT2D eigenvalue weighted by Gasteiger charge is -2.07. The van der Waals surface area contributed by atoms with Crippen molar-refractivity contribution in [2.45, 2.75) is 33.6 Å². The Hall–Kier alpha value is -1.52. The number of anilines is 1. The molecule has 0 aromatic carbocycles. The normalized spacial score (nSPS) is 10.9. The summed E-state index contributed by atoms with van der Waals surface area (Å²) in [5.74, 6) is 0.434.